The minimum absolute atomic E-state index is 0.0208. The number of carbonyl (C=O) groups is 1. The lowest BCUT2D eigenvalue weighted by molar-refractivity contribution is 0.0697. The maximum absolute atomic E-state index is 14.1. The quantitative estimate of drug-likeness (QED) is 0.350. The molecule has 0 aliphatic heterocycles. The number of aromatic carboxylic acids is 1. The van der Waals surface area contributed by atoms with Gasteiger partial charge >= 0.3 is 5.97 Å². The number of ether oxygens (including phenoxy) is 1. The molecule has 4 rings (SSSR count). The molecule has 4 aromatic rings. The van der Waals surface area contributed by atoms with E-state index in [2.05, 4.69) is 4.98 Å². The average molecular weight is 505 g/mol. The largest absolute Gasteiger partial charge is 0.497 e. The Bertz CT molecular complexity index is 1510. The maximum atomic E-state index is 14.1. The lowest BCUT2D eigenvalue weighted by Crippen LogP contribution is -2.32. The van der Waals surface area contributed by atoms with Gasteiger partial charge in [-0.2, -0.15) is 0 Å². The number of pyridine rings is 1. The SMILES string of the molecule is COc1ccc(S(=O)(=O)N(Cc2ccccc2)c2c(C(=O)O)cnc3c(C(C)(C)C)cccc23)cc1. The average Bonchev–Trinajstić information content (AvgIpc) is 2.86. The zero-order valence-electron chi connectivity index (χ0n) is 20.6. The second-order valence-corrected chi connectivity index (χ2v) is 11.3. The van der Waals surface area contributed by atoms with Gasteiger partial charge in [0.15, 0.2) is 0 Å². The van der Waals surface area contributed by atoms with E-state index in [0.717, 1.165) is 5.56 Å². The molecule has 36 heavy (non-hydrogen) atoms. The highest BCUT2D eigenvalue weighted by atomic mass is 32.2. The number of nitrogens with zero attached hydrogens (tertiary/aromatic N) is 2. The second-order valence-electron chi connectivity index (χ2n) is 9.45. The van der Waals surface area contributed by atoms with Gasteiger partial charge in [-0.05, 0) is 40.8 Å². The van der Waals surface area contributed by atoms with Crippen LogP contribution in [-0.4, -0.2) is 31.6 Å². The summed E-state index contributed by atoms with van der Waals surface area (Å²) in [7, 11) is -2.69. The number of hydrogen-bond donors (Lipinski definition) is 1. The Morgan fingerprint density at radius 2 is 1.64 bits per heavy atom. The van der Waals surface area contributed by atoms with Crippen LogP contribution < -0.4 is 9.04 Å². The summed E-state index contributed by atoms with van der Waals surface area (Å²) in [6.45, 7) is 6.03. The van der Waals surface area contributed by atoms with E-state index in [9.17, 15) is 18.3 Å². The van der Waals surface area contributed by atoms with E-state index in [-0.39, 0.29) is 28.1 Å². The molecule has 0 fully saturated rings. The van der Waals surface area contributed by atoms with Crippen LogP contribution in [0.25, 0.3) is 10.9 Å². The van der Waals surface area contributed by atoms with Crippen molar-refractivity contribution in [1.82, 2.24) is 4.98 Å². The molecule has 0 amide bonds. The summed E-state index contributed by atoms with van der Waals surface area (Å²) in [6, 6.07) is 20.6. The van der Waals surface area contributed by atoms with Crippen molar-refractivity contribution in [3.8, 4) is 5.75 Å². The van der Waals surface area contributed by atoms with E-state index in [4.69, 9.17) is 4.74 Å². The summed E-state index contributed by atoms with van der Waals surface area (Å²) in [4.78, 5) is 16.9. The summed E-state index contributed by atoms with van der Waals surface area (Å²) in [5, 5.41) is 10.5. The minimum atomic E-state index is -4.19. The Kier molecular flexibility index (Phi) is 6.73. The standard InChI is InChI=1S/C28H28N2O5S/c1-28(2,3)24-12-8-11-22-25(24)29-17-23(27(31)32)26(22)30(18-19-9-6-5-7-10-19)36(33,34)21-15-13-20(35-4)14-16-21/h5-17H,18H2,1-4H3,(H,31,32). The first kappa shape index (κ1) is 25.2. The number of para-hydroxylation sites is 1. The maximum Gasteiger partial charge on any atom is 0.339 e. The molecule has 7 nitrogen and oxygen atoms in total. The zero-order chi connectivity index (χ0) is 26.1. The first-order valence-electron chi connectivity index (χ1n) is 11.4. The van der Waals surface area contributed by atoms with Crippen molar-refractivity contribution in [2.75, 3.05) is 11.4 Å². The molecule has 186 valence electrons. The molecular formula is C28H28N2O5S. The van der Waals surface area contributed by atoms with Gasteiger partial charge < -0.3 is 9.84 Å². The van der Waals surface area contributed by atoms with E-state index < -0.39 is 16.0 Å². The first-order valence-corrected chi connectivity index (χ1v) is 12.8. The molecule has 0 bridgehead atoms. The molecule has 0 aliphatic rings. The van der Waals surface area contributed by atoms with Gasteiger partial charge in [0.2, 0.25) is 0 Å². The summed E-state index contributed by atoms with van der Waals surface area (Å²) >= 11 is 0. The summed E-state index contributed by atoms with van der Waals surface area (Å²) in [5.41, 5.74) is 1.75. The minimum Gasteiger partial charge on any atom is -0.497 e. The third-order valence-electron chi connectivity index (χ3n) is 5.97. The Hall–Kier alpha value is -3.91. The van der Waals surface area contributed by atoms with Gasteiger partial charge in [0.1, 0.15) is 11.3 Å². The number of sulfonamides is 1. The lowest BCUT2D eigenvalue weighted by Gasteiger charge is -2.28. The number of aromatic nitrogens is 1. The van der Waals surface area contributed by atoms with Gasteiger partial charge in [-0.1, -0.05) is 69.3 Å². The third-order valence-corrected chi connectivity index (χ3v) is 7.73. The normalized spacial score (nSPS) is 11.9. The van der Waals surface area contributed by atoms with Crippen LogP contribution >= 0.6 is 0 Å². The number of rotatable bonds is 7. The fourth-order valence-corrected chi connectivity index (χ4v) is 5.64. The highest BCUT2D eigenvalue weighted by molar-refractivity contribution is 7.92. The number of anilines is 1. The van der Waals surface area contributed by atoms with Crippen LogP contribution in [-0.2, 0) is 22.0 Å². The number of methoxy groups -OCH3 is 1. The summed E-state index contributed by atoms with van der Waals surface area (Å²) in [6.07, 6.45) is 1.25. The molecule has 0 saturated heterocycles. The van der Waals surface area contributed by atoms with E-state index in [1.165, 1.54) is 29.7 Å². The number of fused-ring (bicyclic) bond motifs is 1. The predicted molar refractivity (Wildman–Crippen MR) is 140 cm³/mol. The van der Waals surface area contributed by atoms with Crippen LogP contribution in [0.4, 0.5) is 5.69 Å². The molecule has 1 heterocycles. The Morgan fingerprint density at radius 1 is 0.972 bits per heavy atom. The van der Waals surface area contributed by atoms with Gasteiger partial charge in [0.25, 0.3) is 10.0 Å². The summed E-state index contributed by atoms with van der Waals surface area (Å²) in [5.74, 6) is -0.748. The van der Waals surface area contributed by atoms with Gasteiger partial charge in [-0.25, -0.2) is 13.2 Å². The molecule has 0 saturated carbocycles. The van der Waals surface area contributed by atoms with Crippen molar-refractivity contribution in [3.05, 3.63) is 95.7 Å². The van der Waals surface area contributed by atoms with E-state index >= 15 is 0 Å². The first-order chi connectivity index (χ1) is 17.0. The van der Waals surface area contributed by atoms with Crippen molar-refractivity contribution in [2.24, 2.45) is 0 Å². The number of carboxylic acids is 1. The number of carboxylic acid groups (broad SMARTS) is 1. The van der Waals surface area contributed by atoms with Crippen LogP contribution in [0, 0.1) is 0 Å². The zero-order valence-corrected chi connectivity index (χ0v) is 21.4. The monoisotopic (exact) mass is 504 g/mol. The Labute approximate surface area is 211 Å². The van der Waals surface area contributed by atoms with Crippen LogP contribution in [0.1, 0.15) is 42.3 Å². The second kappa shape index (κ2) is 9.62. The molecule has 0 radical (unpaired) electrons. The van der Waals surface area contributed by atoms with Gasteiger partial charge in [0, 0.05) is 11.6 Å². The van der Waals surface area contributed by atoms with Crippen molar-refractivity contribution >= 4 is 32.6 Å². The van der Waals surface area contributed by atoms with Crippen LogP contribution in [0.2, 0.25) is 0 Å². The van der Waals surface area contributed by atoms with E-state index in [1.807, 2.05) is 45.0 Å². The van der Waals surface area contributed by atoms with Crippen LogP contribution in [0.5, 0.6) is 5.75 Å². The fraction of sp³-hybridized carbons (Fsp3) is 0.214. The van der Waals surface area contributed by atoms with Crippen molar-refractivity contribution < 1.29 is 23.1 Å². The van der Waals surface area contributed by atoms with Gasteiger partial charge in [-0.3, -0.25) is 9.29 Å². The van der Waals surface area contributed by atoms with Crippen molar-refractivity contribution in [3.63, 3.8) is 0 Å². The van der Waals surface area contributed by atoms with Gasteiger partial charge in [0.05, 0.1) is 29.8 Å². The molecule has 0 aliphatic carbocycles. The molecular weight excluding hydrogens is 476 g/mol. The molecule has 0 spiro atoms. The summed E-state index contributed by atoms with van der Waals surface area (Å²) < 4.78 is 34.6. The highest BCUT2D eigenvalue weighted by Gasteiger charge is 2.32. The fourth-order valence-electron chi connectivity index (χ4n) is 4.15. The molecule has 1 aromatic heterocycles. The van der Waals surface area contributed by atoms with Crippen molar-refractivity contribution in [2.45, 2.75) is 37.6 Å². The molecule has 0 unspecified atom stereocenters. The topological polar surface area (TPSA) is 96.8 Å². The van der Waals surface area contributed by atoms with Crippen LogP contribution in [0.3, 0.4) is 0 Å². The highest BCUT2D eigenvalue weighted by Crippen LogP contribution is 2.38. The number of hydrogen-bond acceptors (Lipinski definition) is 5. The molecule has 0 atom stereocenters. The van der Waals surface area contributed by atoms with Crippen molar-refractivity contribution in [1.29, 1.82) is 0 Å². The van der Waals surface area contributed by atoms with E-state index in [0.29, 0.717) is 22.2 Å². The smallest absolute Gasteiger partial charge is 0.339 e. The third kappa shape index (κ3) is 4.77. The predicted octanol–water partition coefficient (Wildman–Crippen LogP) is 5.63. The van der Waals surface area contributed by atoms with Crippen LogP contribution in [0.15, 0.2) is 83.9 Å². The van der Waals surface area contributed by atoms with E-state index in [1.54, 1.807) is 36.4 Å². The Morgan fingerprint density at radius 3 is 2.22 bits per heavy atom. The number of benzene rings is 3. The lowest BCUT2D eigenvalue weighted by atomic mass is 9.85. The van der Waals surface area contributed by atoms with Gasteiger partial charge in [-0.15, -0.1) is 0 Å². The Balaban J connectivity index is 2.05. The molecule has 8 heteroatoms. The molecule has 1 N–H and O–H groups in total. The molecule has 3 aromatic carbocycles.